The second-order valence-corrected chi connectivity index (χ2v) is 3.83. The quantitative estimate of drug-likeness (QED) is 0.348. The summed E-state index contributed by atoms with van der Waals surface area (Å²) in [6, 6.07) is 8.04. The lowest BCUT2D eigenvalue weighted by Crippen LogP contribution is -2.41. The summed E-state index contributed by atoms with van der Waals surface area (Å²) in [6.45, 7) is 2.86. The van der Waals surface area contributed by atoms with E-state index in [0.29, 0.717) is 0 Å². The summed E-state index contributed by atoms with van der Waals surface area (Å²) in [7, 11) is 0. The number of rotatable bonds is 3. The third-order valence-corrected chi connectivity index (χ3v) is 2.61. The number of fused-ring (bicyclic) bond motifs is 1. The SMILES string of the molecule is CCCN=C(NN)C1Cc2ccccc2O1. The van der Waals surface area contributed by atoms with E-state index in [1.807, 2.05) is 18.2 Å². The molecule has 1 aliphatic heterocycles. The molecule has 1 heterocycles. The fourth-order valence-corrected chi connectivity index (χ4v) is 1.81. The number of amidine groups is 1. The molecule has 0 saturated carbocycles. The smallest absolute Gasteiger partial charge is 0.161 e. The van der Waals surface area contributed by atoms with Crippen LogP contribution in [0.25, 0.3) is 0 Å². The fourth-order valence-electron chi connectivity index (χ4n) is 1.81. The second kappa shape index (κ2) is 4.99. The highest BCUT2D eigenvalue weighted by Crippen LogP contribution is 2.28. The van der Waals surface area contributed by atoms with Crippen LogP contribution in [0.2, 0.25) is 0 Å². The third-order valence-electron chi connectivity index (χ3n) is 2.61. The van der Waals surface area contributed by atoms with Gasteiger partial charge in [0.25, 0.3) is 0 Å². The molecule has 0 saturated heterocycles. The first kappa shape index (κ1) is 11.0. The lowest BCUT2D eigenvalue weighted by Gasteiger charge is -2.13. The van der Waals surface area contributed by atoms with Crippen LogP contribution >= 0.6 is 0 Å². The van der Waals surface area contributed by atoms with Crippen LogP contribution in [0.15, 0.2) is 29.3 Å². The number of ether oxygens (including phenoxy) is 1. The lowest BCUT2D eigenvalue weighted by molar-refractivity contribution is 0.296. The van der Waals surface area contributed by atoms with Gasteiger partial charge in [-0.25, -0.2) is 5.84 Å². The van der Waals surface area contributed by atoms with Crippen molar-refractivity contribution in [2.75, 3.05) is 6.54 Å². The van der Waals surface area contributed by atoms with Crippen molar-refractivity contribution < 1.29 is 4.74 Å². The van der Waals surface area contributed by atoms with Crippen LogP contribution in [-0.2, 0) is 6.42 Å². The van der Waals surface area contributed by atoms with E-state index in [2.05, 4.69) is 23.4 Å². The average molecular weight is 219 g/mol. The Morgan fingerprint density at radius 2 is 2.38 bits per heavy atom. The lowest BCUT2D eigenvalue weighted by atomic mass is 10.1. The molecular formula is C12H17N3O. The fraction of sp³-hybridized carbons (Fsp3) is 0.417. The van der Waals surface area contributed by atoms with Gasteiger partial charge >= 0.3 is 0 Å². The molecule has 1 aromatic carbocycles. The van der Waals surface area contributed by atoms with Crippen molar-refractivity contribution in [2.45, 2.75) is 25.9 Å². The van der Waals surface area contributed by atoms with E-state index in [0.717, 1.165) is 31.0 Å². The summed E-state index contributed by atoms with van der Waals surface area (Å²) in [5, 5.41) is 0. The highest BCUT2D eigenvalue weighted by atomic mass is 16.5. The van der Waals surface area contributed by atoms with Gasteiger partial charge in [0.2, 0.25) is 0 Å². The van der Waals surface area contributed by atoms with E-state index in [-0.39, 0.29) is 6.10 Å². The molecule has 3 N–H and O–H groups in total. The molecule has 86 valence electrons. The van der Waals surface area contributed by atoms with Gasteiger partial charge in [-0.2, -0.15) is 0 Å². The number of hydrazine groups is 1. The van der Waals surface area contributed by atoms with E-state index < -0.39 is 0 Å². The van der Waals surface area contributed by atoms with Crippen LogP contribution in [0.3, 0.4) is 0 Å². The summed E-state index contributed by atoms with van der Waals surface area (Å²) in [6.07, 6.45) is 1.78. The molecule has 0 fully saturated rings. The highest BCUT2D eigenvalue weighted by molar-refractivity contribution is 5.87. The molecule has 1 atom stereocenters. The van der Waals surface area contributed by atoms with Crippen molar-refractivity contribution >= 4 is 5.84 Å². The minimum Gasteiger partial charge on any atom is -0.482 e. The van der Waals surface area contributed by atoms with Gasteiger partial charge in [0, 0.05) is 13.0 Å². The number of hydrogen-bond donors (Lipinski definition) is 2. The Labute approximate surface area is 95.5 Å². The summed E-state index contributed by atoms with van der Waals surface area (Å²) < 4.78 is 5.78. The van der Waals surface area contributed by atoms with Crippen LogP contribution in [-0.4, -0.2) is 18.5 Å². The van der Waals surface area contributed by atoms with E-state index in [1.165, 1.54) is 5.56 Å². The molecule has 0 aromatic heterocycles. The maximum atomic E-state index is 5.78. The molecule has 1 aromatic rings. The molecular weight excluding hydrogens is 202 g/mol. The van der Waals surface area contributed by atoms with Crippen molar-refractivity contribution in [1.82, 2.24) is 5.43 Å². The van der Waals surface area contributed by atoms with Gasteiger partial charge in [-0.15, -0.1) is 0 Å². The molecule has 0 aliphatic carbocycles. The predicted octanol–water partition coefficient (Wildman–Crippen LogP) is 1.26. The number of nitrogens with one attached hydrogen (secondary N) is 1. The molecule has 2 rings (SSSR count). The second-order valence-electron chi connectivity index (χ2n) is 3.83. The Morgan fingerprint density at radius 1 is 1.56 bits per heavy atom. The first-order valence-corrected chi connectivity index (χ1v) is 5.60. The van der Waals surface area contributed by atoms with E-state index >= 15 is 0 Å². The number of benzene rings is 1. The average Bonchev–Trinajstić information content (AvgIpc) is 2.73. The molecule has 0 spiro atoms. The zero-order valence-electron chi connectivity index (χ0n) is 9.44. The molecule has 4 heteroatoms. The summed E-state index contributed by atoms with van der Waals surface area (Å²) in [5.74, 6) is 7.14. The topological polar surface area (TPSA) is 59.6 Å². The van der Waals surface area contributed by atoms with Gasteiger partial charge in [0.15, 0.2) is 11.9 Å². The molecule has 1 unspecified atom stereocenters. The summed E-state index contributed by atoms with van der Waals surface area (Å²) >= 11 is 0. The Bertz CT molecular complexity index is 365. The van der Waals surface area contributed by atoms with Crippen molar-refractivity contribution in [3.8, 4) is 5.75 Å². The van der Waals surface area contributed by atoms with Gasteiger partial charge < -0.3 is 10.2 Å². The Hall–Kier alpha value is -1.55. The van der Waals surface area contributed by atoms with Crippen molar-refractivity contribution in [2.24, 2.45) is 10.8 Å². The molecule has 1 aliphatic rings. The van der Waals surface area contributed by atoms with Crippen molar-refractivity contribution in [3.63, 3.8) is 0 Å². The zero-order valence-corrected chi connectivity index (χ0v) is 9.44. The van der Waals surface area contributed by atoms with E-state index in [9.17, 15) is 0 Å². The normalized spacial score (nSPS) is 19.1. The van der Waals surface area contributed by atoms with E-state index in [4.69, 9.17) is 10.6 Å². The van der Waals surface area contributed by atoms with E-state index in [1.54, 1.807) is 0 Å². The minimum absolute atomic E-state index is 0.0612. The largest absolute Gasteiger partial charge is 0.482 e. The maximum absolute atomic E-state index is 5.78. The Balaban J connectivity index is 2.09. The number of nitrogens with zero attached hydrogens (tertiary/aromatic N) is 1. The number of nitrogens with two attached hydrogens (primary N) is 1. The molecule has 4 nitrogen and oxygen atoms in total. The first-order chi connectivity index (χ1) is 7.85. The number of aliphatic imine (C=N–C) groups is 1. The maximum Gasteiger partial charge on any atom is 0.161 e. The Kier molecular flexibility index (Phi) is 3.41. The van der Waals surface area contributed by atoms with Gasteiger partial charge in [-0.05, 0) is 18.1 Å². The molecule has 16 heavy (non-hydrogen) atoms. The third kappa shape index (κ3) is 2.17. The summed E-state index contributed by atoms with van der Waals surface area (Å²) in [5.41, 5.74) is 3.85. The van der Waals surface area contributed by atoms with Crippen LogP contribution in [0.1, 0.15) is 18.9 Å². The summed E-state index contributed by atoms with van der Waals surface area (Å²) in [4.78, 5) is 4.38. The van der Waals surface area contributed by atoms with Gasteiger partial charge in [0.05, 0.1) is 0 Å². The van der Waals surface area contributed by atoms with Crippen molar-refractivity contribution in [3.05, 3.63) is 29.8 Å². The van der Waals surface area contributed by atoms with Crippen LogP contribution in [0.4, 0.5) is 0 Å². The molecule has 0 amide bonds. The number of hydrogen-bond acceptors (Lipinski definition) is 3. The molecule has 0 radical (unpaired) electrons. The van der Waals surface area contributed by atoms with Crippen LogP contribution in [0.5, 0.6) is 5.75 Å². The zero-order chi connectivity index (χ0) is 11.4. The highest BCUT2D eigenvalue weighted by Gasteiger charge is 2.26. The van der Waals surface area contributed by atoms with Crippen LogP contribution in [0, 0.1) is 0 Å². The van der Waals surface area contributed by atoms with Gasteiger partial charge in [-0.1, -0.05) is 25.1 Å². The molecule has 0 bridgehead atoms. The predicted molar refractivity (Wildman–Crippen MR) is 64.5 cm³/mol. The standard InChI is InChI=1S/C12H17N3O/c1-2-7-14-12(15-13)11-8-9-5-3-4-6-10(9)16-11/h3-6,11H,2,7-8,13H2,1H3,(H,14,15). The number of para-hydroxylation sites is 1. The minimum atomic E-state index is -0.0612. The monoisotopic (exact) mass is 219 g/mol. The Morgan fingerprint density at radius 3 is 3.06 bits per heavy atom. The van der Waals surface area contributed by atoms with Gasteiger partial charge in [-0.3, -0.25) is 4.99 Å². The van der Waals surface area contributed by atoms with Crippen molar-refractivity contribution in [1.29, 1.82) is 0 Å². The van der Waals surface area contributed by atoms with Crippen LogP contribution < -0.4 is 16.0 Å². The van der Waals surface area contributed by atoms with Gasteiger partial charge in [0.1, 0.15) is 5.75 Å². The first-order valence-electron chi connectivity index (χ1n) is 5.60.